The Kier molecular flexibility index (Phi) is 9.81. The number of piperazine rings is 1. The van der Waals surface area contributed by atoms with Gasteiger partial charge in [0, 0.05) is 64.5 Å². The number of nitrogens with zero attached hydrogens (tertiary/aromatic N) is 7. The Balaban J connectivity index is 0.00000400. The number of anilines is 2. The van der Waals surface area contributed by atoms with E-state index >= 15 is 0 Å². The molecule has 4 N–H and O–H groups in total. The van der Waals surface area contributed by atoms with E-state index in [9.17, 15) is 18.4 Å². The van der Waals surface area contributed by atoms with Crippen molar-refractivity contribution >= 4 is 57.3 Å². The molecule has 18 heteroatoms. The second kappa shape index (κ2) is 13.8. The highest BCUT2D eigenvalue weighted by molar-refractivity contribution is 7.17. The fourth-order valence-electron chi connectivity index (χ4n) is 4.98. The average molecular weight is 665 g/mol. The van der Waals surface area contributed by atoms with Crippen LogP contribution >= 0.6 is 23.7 Å². The van der Waals surface area contributed by atoms with Crippen molar-refractivity contribution in [2.24, 2.45) is 0 Å². The van der Waals surface area contributed by atoms with E-state index in [4.69, 9.17) is 14.9 Å². The van der Waals surface area contributed by atoms with Gasteiger partial charge in [0.1, 0.15) is 10.5 Å². The van der Waals surface area contributed by atoms with Crippen LogP contribution < -0.4 is 30.9 Å². The highest BCUT2D eigenvalue weighted by atomic mass is 35.5. The topological polar surface area (TPSA) is 161 Å². The molecule has 0 radical (unpaired) electrons. The minimum absolute atomic E-state index is 0. The van der Waals surface area contributed by atoms with Crippen molar-refractivity contribution in [3.63, 3.8) is 0 Å². The quantitative estimate of drug-likeness (QED) is 0.176. The maximum Gasteiger partial charge on any atom is 0.309 e. The fraction of sp³-hybridized carbons (Fsp3) is 0.370. The first-order valence-corrected chi connectivity index (χ1v) is 14.7. The van der Waals surface area contributed by atoms with E-state index in [1.165, 1.54) is 16.8 Å². The summed E-state index contributed by atoms with van der Waals surface area (Å²) in [5, 5.41) is 9.91. The summed E-state index contributed by atoms with van der Waals surface area (Å²) < 4.78 is 43.4. The molecule has 1 aliphatic rings. The molecule has 6 rings (SSSR count). The number of benzene rings is 1. The van der Waals surface area contributed by atoms with Gasteiger partial charge in [-0.3, -0.25) is 19.1 Å². The molecule has 0 aliphatic carbocycles. The Labute approximate surface area is 265 Å². The molecule has 0 unspecified atom stereocenters. The van der Waals surface area contributed by atoms with Crippen molar-refractivity contribution in [1.29, 1.82) is 0 Å². The number of ether oxygens (including phenoxy) is 1. The van der Waals surface area contributed by atoms with Gasteiger partial charge < -0.3 is 30.4 Å². The molecule has 14 nitrogen and oxygen atoms in total. The first kappa shape index (κ1) is 32.1. The number of rotatable bonds is 11. The van der Waals surface area contributed by atoms with Crippen molar-refractivity contribution < 1.29 is 22.7 Å². The Bertz CT molecular complexity index is 1850. The Hall–Kier alpha value is -4.32. The maximum absolute atomic E-state index is 14.8. The van der Waals surface area contributed by atoms with Crippen LogP contribution in [0.15, 0.2) is 39.7 Å². The number of halogens is 3. The molecule has 1 amide bonds. The predicted molar refractivity (Wildman–Crippen MR) is 167 cm³/mol. The lowest BCUT2D eigenvalue weighted by Gasteiger charge is -2.36. The summed E-state index contributed by atoms with van der Waals surface area (Å²) in [4.78, 5) is 37.7. The first-order chi connectivity index (χ1) is 21.3. The molecular weight excluding hydrogens is 634 g/mol. The minimum Gasteiger partial charge on any atom is -0.481 e. The number of nitrogen functional groups attached to an aromatic ring is 1. The number of nitrogens with one attached hydrogen (secondary N) is 2. The third-order valence-corrected chi connectivity index (χ3v) is 8.23. The second-order valence-electron chi connectivity index (χ2n) is 10.1. The maximum atomic E-state index is 14.8. The summed E-state index contributed by atoms with van der Waals surface area (Å²) in [6, 6.07) is 5.52. The molecule has 1 fully saturated rings. The largest absolute Gasteiger partial charge is 0.481 e. The lowest BCUT2D eigenvalue weighted by Crippen LogP contribution is -2.47. The van der Waals surface area contributed by atoms with Crippen molar-refractivity contribution in [2.45, 2.75) is 6.54 Å². The van der Waals surface area contributed by atoms with Crippen LogP contribution in [-0.2, 0) is 11.3 Å². The highest BCUT2D eigenvalue weighted by Gasteiger charge is 2.24. The molecule has 1 aliphatic heterocycles. The van der Waals surface area contributed by atoms with Crippen LogP contribution in [0.2, 0.25) is 0 Å². The molecule has 0 bridgehead atoms. The van der Waals surface area contributed by atoms with E-state index in [1.54, 1.807) is 28.6 Å². The Morgan fingerprint density at radius 2 is 1.91 bits per heavy atom. The van der Waals surface area contributed by atoms with Gasteiger partial charge in [0.2, 0.25) is 11.8 Å². The Morgan fingerprint density at radius 1 is 1.11 bits per heavy atom. The van der Waals surface area contributed by atoms with Crippen LogP contribution in [0.1, 0.15) is 0 Å². The van der Waals surface area contributed by atoms with Crippen LogP contribution in [0.25, 0.3) is 27.6 Å². The molecule has 0 spiro atoms. The van der Waals surface area contributed by atoms with Crippen LogP contribution in [0.4, 0.5) is 20.4 Å². The van der Waals surface area contributed by atoms with Gasteiger partial charge >= 0.3 is 4.87 Å². The summed E-state index contributed by atoms with van der Waals surface area (Å²) in [7, 11) is 1.76. The van der Waals surface area contributed by atoms with E-state index in [0.29, 0.717) is 79.9 Å². The van der Waals surface area contributed by atoms with Crippen LogP contribution in [0, 0.1) is 11.6 Å². The average Bonchev–Trinajstić information content (AvgIpc) is 3.76. The first-order valence-electron chi connectivity index (χ1n) is 13.9. The number of amides is 1. The number of likely N-dealkylation sites (N-methyl/N-ethyl adjacent to an activating group) is 1. The van der Waals surface area contributed by atoms with E-state index < -0.39 is 17.5 Å². The van der Waals surface area contributed by atoms with E-state index in [1.807, 2.05) is 0 Å². The van der Waals surface area contributed by atoms with Gasteiger partial charge in [-0.1, -0.05) is 11.3 Å². The summed E-state index contributed by atoms with van der Waals surface area (Å²) >= 11 is 1.02. The number of carbonyl (C=O) groups excluding carboxylic acids is 1. The molecule has 0 atom stereocenters. The van der Waals surface area contributed by atoms with Crippen molar-refractivity contribution in [1.82, 2.24) is 39.7 Å². The molecule has 5 heterocycles. The fourth-order valence-corrected chi connectivity index (χ4v) is 5.92. The third kappa shape index (κ3) is 6.70. The highest BCUT2D eigenvalue weighted by Crippen LogP contribution is 2.29. The normalized spacial score (nSPS) is 13.8. The number of nitrogens with two attached hydrogens (primary N) is 1. The van der Waals surface area contributed by atoms with Gasteiger partial charge in [-0.05, 0) is 19.2 Å². The van der Waals surface area contributed by atoms with Crippen molar-refractivity contribution in [3.05, 3.63) is 51.8 Å². The lowest BCUT2D eigenvalue weighted by atomic mass is 10.2. The third-order valence-electron chi connectivity index (χ3n) is 7.27. The molecular formula is C27H31ClF2N10O4S. The number of hydrogen-bond acceptors (Lipinski definition) is 12. The number of carbonyl (C=O) groups is 1. The van der Waals surface area contributed by atoms with Crippen LogP contribution in [-0.4, -0.2) is 94.4 Å². The zero-order valence-electron chi connectivity index (χ0n) is 24.2. The number of furan rings is 1. The van der Waals surface area contributed by atoms with E-state index in [0.717, 1.165) is 17.4 Å². The molecule has 5 aromatic rings. The van der Waals surface area contributed by atoms with Crippen molar-refractivity contribution in [3.8, 4) is 17.3 Å². The van der Waals surface area contributed by atoms with Gasteiger partial charge in [-0.2, -0.15) is 9.50 Å². The predicted octanol–water partition coefficient (Wildman–Crippen LogP) is 1.58. The van der Waals surface area contributed by atoms with Gasteiger partial charge in [-0.15, -0.1) is 17.5 Å². The van der Waals surface area contributed by atoms with Gasteiger partial charge in [-0.25, -0.2) is 13.8 Å². The minimum atomic E-state index is -0.879. The van der Waals surface area contributed by atoms with Crippen LogP contribution in [0.3, 0.4) is 0 Å². The monoisotopic (exact) mass is 664 g/mol. The molecule has 1 saturated heterocycles. The van der Waals surface area contributed by atoms with Gasteiger partial charge in [0.05, 0.1) is 12.0 Å². The summed E-state index contributed by atoms with van der Waals surface area (Å²) in [6.07, 6.45) is 1.52. The molecule has 0 saturated carbocycles. The molecule has 1 aromatic carbocycles. The second-order valence-corrected chi connectivity index (χ2v) is 11.1. The molecule has 4 aromatic heterocycles. The van der Waals surface area contributed by atoms with Crippen LogP contribution in [0.5, 0.6) is 5.75 Å². The number of aromatic nitrogens is 5. The van der Waals surface area contributed by atoms with E-state index in [-0.39, 0.29) is 41.3 Å². The summed E-state index contributed by atoms with van der Waals surface area (Å²) in [5.74, 6) is -1.28. The summed E-state index contributed by atoms with van der Waals surface area (Å²) in [6.45, 7) is 3.59. The number of fused-ring (bicyclic) bond motifs is 3. The molecule has 240 valence electrons. The Morgan fingerprint density at radius 3 is 2.64 bits per heavy atom. The zero-order chi connectivity index (χ0) is 30.8. The lowest BCUT2D eigenvalue weighted by molar-refractivity contribution is -0.123. The van der Waals surface area contributed by atoms with Gasteiger partial charge in [0.15, 0.2) is 35.2 Å². The van der Waals surface area contributed by atoms with E-state index in [2.05, 4.69) is 30.6 Å². The zero-order valence-corrected chi connectivity index (χ0v) is 25.8. The number of hydrogen-bond donors (Lipinski definition) is 3. The summed E-state index contributed by atoms with van der Waals surface area (Å²) in [5.41, 5.74) is 7.22. The SMILES string of the molecule is CNCCNC(=O)COc1cc(N2CCN(CCn3c(=O)sc4c3nc(N)n3nc(-c5ccco5)nc43)CC2)c(F)cc1F.Cl. The smallest absolute Gasteiger partial charge is 0.309 e. The number of thiazole rings is 1. The standard InChI is InChI=1S/C27H30F2N10O4S.ClH/c1-31-4-5-32-21(40)15-43-20-14-18(16(28)13-17(20)29)37-9-6-36(7-10-37)8-11-38-24-22(44-27(38)41)25-33-23(19-3-2-12-42-19)35-39(25)26(30)34-24;/h2-3,12-14,31H,4-11,15H2,1H3,(H2,30,34)(H,32,40);1H. The molecule has 45 heavy (non-hydrogen) atoms. The van der Waals surface area contributed by atoms with Gasteiger partial charge in [0.25, 0.3) is 5.91 Å². The van der Waals surface area contributed by atoms with Crippen molar-refractivity contribution in [2.75, 3.05) is 70.1 Å².